The Kier molecular flexibility index (Phi) is 6.47. The molecule has 1 aliphatic heterocycles. The second kappa shape index (κ2) is 8.86. The number of hydrogen-bond acceptors (Lipinski definition) is 6. The van der Waals surface area contributed by atoms with Crippen LogP contribution in [0.5, 0.6) is 11.5 Å². The van der Waals surface area contributed by atoms with E-state index in [0.717, 1.165) is 43.4 Å². The van der Waals surface area contributed by atoms with Crippen molar-refractivity contribution in [2.45, 2.75) is 51.8 Å². The highest BCUT2D eigenvalue weighted by Crippen LogP contribution is 2.33. The van der Waals surface area contributed by atoms with E-state index in [9.17, 15) is 4.79 Å². The third-order valence-corrected chi connectivity index (χ3v) is 5.04. The number of nitrogens with one attached hydrogen (secondary N) is 1. The van der Waals surface area contributed by atoms with E-state index in [1.165, 1.54) is 5.56 Å². The van der Waals surface area contributed by atoms with Gasteiger partial charge in [-0.15, -0.1) is 0 Å². The Bertz CT molecular complexity index is 855. The van der Waals surface area contributed by atoms with E-state index in [1.807, 2.05) is 39.1 Å². The number of likely N-dealkylation sites (tertiary alicyclic amines) is 1. The van der Waals surface area contributed by atoms with Crippen molar-refractivity contribution in [1.29, 1.82) is 0 Å². The van der Waals surface area contributed by atoms with E-state index in [-0.39, 0.29) is 12.1 Å². The van der Waals surface area contributed by atoms with Gasteiger partial charge in [-0.1, -0.05) is 0 Å². The summed E-state index contributed by atoms with van der Waals surface area (Å²) in [6.07, 6.45) is 3.30. The van der Waals surface area contributed by atoms with Gasteiger partial charge < -0.3 is 19.5 Å². The van der Waals surface area contributed by atoms with Crippen LogP contribution in [0.2, 0.25) is 0 Å². The molecular weight excluding hydrogens is 370 g/mol. The number of amides is 1. The number of benzene rings is 1. The number of fused-ring (bicyclic) bond motifs is 1. The third kappa shape index (κ3) is 5.50. The fourth-order valence-corrected chi connectivity index (χ4v) is 3.62. The number of rotatable bonds is 5. The lowest BCUT2D eigenvalue weighted by molar-refractivity contribution is 0.0477. The minimum atomic E-state index is -0.475. The summed E-state index contributed by atoms with van der Waals surface area (Å²) in [4.78, 5) is 18.9. The van der Waals surface area contributed by atoms with E-state index in [0.29, 0.717) is 11.5 Å². The second-order valence-electron chi connectivity index (χ2n) is 8.39. The molecule has 7 heteroatoms. The van der Waals surface area contributed by atoms with Crippen LogP contribution in [-0.4, -0.2) is 54.9 Å². The van der Waals surface area contributed by atoms with Crippen LogP contribution < -0.4 is 14.8 Å². The van der Waals surface area contributed by atoms with E-state index < -0.39 is 5.60 Å². The van der Waals surface area contributed by atoms with Crippen LogP contribution in [0, 0.1) is 0 Å². The Morgan fingerprint density at radius 3 is 2.45 bits per heavy atom. The Labute approximate surface area is 172 Å². The first-order valence-corrected chi connectivity index (χ1v) is 10.0. The van der Waals surface area contributed by atoms with E-state index in [2.05, 4.69) is 21.3 Å². The van der Waals surface area contributed by atoms with Crippen molar-refractivity contribution in [2.24, 2.45) is 0 Å². The number of hydrogen-bond donors (Lipinski definition) is 1. The van der Waals surface area contributed by atoms with E-state index in [4.69, 9.17) is 14.2 Å². The lowest BCUT2D eigenvalue weighted by Gasteiger charge is -2.33. The maximum Gasteiger partial charge on any atom is 0.407 e. The van der Waals surface area contributed by atoms with Gasteiger partial charge in [0, 0.05) is 43.3 Å². The molecule has 1 aliphatic rings. The molecule has 1 aromatic heterocycles. The number of methoxy groups -OCH3 is 2. The standard InChI is InChI=1S/C22H31N3O4/c1-22(2,3)29-21(26)24-16-7-10-25(11-8-16)14-15-6-9-23-18-13-20(28-5)19(27-4)12-17(15)18/h6,9,12-13,16H,7-8,10-11,14H2,1-5H3,(H,24,26). The first kappa shape index (κ1) is 21.2. The van der Waals surface area contributed by atoms with Gasteiger partial charge in [-0.3, -0.25) is 9.88 Å². The molecule has 29 heavy (non-hydrogen) atoms. The van der Waals surface area contributed by atoms with Crippen molar-refractivity contribution in [3.8, 4) is 11.5 Å². The fourth-order valence-electron chi connectivity index (χ4n) is 3.62. The third-order valence-electron chi connectivity index (χ3n) is 5.04. The van der Waals surface area contributed by atoms with Crippen LogP contribution in [-0.2, 0) is 11.3 Å². The second-order valence-corrected chi connectivity index (χ2v) is 8.39. The summed E-state index contributed by atoms with van der Waals surface area (Å²) in [6.45, 7) is 8.28. The number of nitrogens with zero attached hydrogens (tertiary/aromatic N) is 2. The van der Waals surface area contributed by atoms with Gasteiger partial charge in [-0.25, -0.2) is 4.79 Å². The highest BCUT2D eigenvalue weighted by Gasteiger charge is 2.24. The van der Waals surface area contributed by atoms with Gasteiger partial charge in [0.1, 0.15) is 5.60 Å². The molecule has 0 aliphatic carbocycles. The average Bonchev–Trinajstić information content (AvgIpc) is 2.67. The fraction of sp³-hybridized carbons (Fsp3) is 0.545. The molecule has 1 N–H and O–H groups in total. The molecule has 0 radical (unpaired) electrons. The van der Waals surface area contributed by atoms with Crippen LogP contribution in [0.1, 0.15) is 39.2 Å². The number of ether oxygens (including phenoxy) is 3. The Morgan fingerprint density at radius 2 is 1.83 bits per heavy atom. The molecule has 2 aromatic rings. The summed E-state index contributed by atoms with van der Waals surface area (Å²) in [5, 5.41) is 4.06. The average molecular weight is 402 g/mol. The lowest BCUT2D eigenvalue weighted by atomic mass is 10.0. The monoisotopic (exact) mass is 401 g/mol. The Balaban J connectivity index is 1.63. The van der Waals surface area contributed by atoms with Crippen molar-refractivity contribution in [2.75, 3.05) is 27.3 Å². The molecule has 1 fully saturated rings. The topological polar surface area (TPSA) is 72.9 Å². The van der Waals surface area contributed by atoms with Gasteiger partial charge in [0.2, 0.25) is 0 Å². The highest BCUT2D eigenvalue weighted by atomic mass is 16.6. The summed E-state index contributed by atoms with van der Waals surface area (Å²) >= 11 is 0. The van der Waals surface area contributed by atoms with Crippen molar-refractivity contribution in [1.82, 2.24) is 15.2 Å². The molecule has 1 aromatic carbocycles. The zero-order valence-corrected chi connectivity index (χ0v) is 17.9. The predicted molar refractivity (Wildman–Crippen MR) is 113 cm³/mol. The summed E-state index contributed by atoms with van der Waals surface area (Å²) in [7, 11) is 3.27. The number of alkyl carbamates (subject to hydrolysis) is 1. The molecule has 1 amide bonds. The lowest BCUT2D eigenvalue weighted by Crippen LogP contribution is -2.45. The van der Waals surface area contributed by atoms with Crippen molar-refractivity contribution >= 4 is 17.0 Å². The largest absolute Gasteiger partial charge is 0.493 e. The molecule has 0 bridgehead atoms. The molecule has 0 saturated carbocycles. The van der Waals surface area contributed by atoms with Crippen molar-refractivity contribution < 1.29 is 19.0 Å². The SMILES string of the molecule is COc1cc2nccc(CN3CCC(NC(=O)OC(C)(C)C)CC3)c2cc1OC. The normalized spacial score (nSPS) is 15.9. The number of aromatic nitrogens is 1. The maximum atomic E-state index is 12.0. The zero-order chi connectivity index (χ0) is 21.0. The zero-order valence-electron chi connectivity index (χ0n) is 17.9. The van der Waals surface area contributed by atoms with Crippen LogP contribution in [0.15, 0.2) is 24.4 Å². The number of piperidine rings is 1. The number of carbonyl (C=O) groups is 1. The minimum Gasteiger partial charge on any atom is -0.493 e. The summed E-state index contributed by atoms with van der Waals surface area (Å²) < 4.78 is 16.2. The molecule has 0 spiro atoms. The van der Waals surface area contributed by atoms with Crippen LogP contribution in [0.3, 0.4) is 0 Å². The summed E-state index contributed by atoms with van der Waals surface area (Å²) in [5.41, 5.74) is 1.62. The first-order chi connectivity index (χ1) is 13.8. The van der Waals surface area contributed by atoms with Crippen LogP contribution in [0.25, 0.3) is 10.9 Å². The van der Waals surface area contributed by atoms with Crippen LogP contribution >= 0.6 is 0 Å². The van der Waals surface area contributed by atoms with E-state index >= 15 is 0 Å². The van der Waals surface area contributed by atoms with Gasteiger partial charge in [0.15, 0.2) is 11.5 Å². The van der Waals surface area contributed by atoms with Crippen molar-refractivity contribution in [3.05, 3.63) is 30.0 Å². The molecule has 0 atom stereocenters. The number of pyridine rings is 1. The van der Waals surface area contributed by atoms with Gasteiger partial charge >= 0.3 is 6.09 Å². The Hall–Kier alpha value is -2.54. The molecular formula is C22H31N3O4. The molecule has 7 nitrogen and oxygen atoms in total. The first-order valence-electron chi connectivity index (χ1n) is 10.0. The predicted octanol–water partition coefficient (Wildman–Crippen LogP) is 3.74. The van der Waals surface area contributed by atoms with Crippen LogP contribution in [0.4, 0.5) is 4.79 Å². The quantitative estimate of drug-likeness (QED) is 0.823. The van der Waals surface area contributed by atoms with Crippen molar-refractivity contribution in [3.63, 3.8) is 0 Å². The minimum absolute atomic E-state index is 0.152. The van der Waals surface area contributed by atoms with E-state index in [1.54, 1.807) is 14.2 Å². The Morgan fingerprint density at radius 1 is 1.17 bits per heavy atom. The maximum absolute atomic E-state index is 12.0. The van der Waals surface area contributed by atoms with Gasteiger partial charge in [0.05, 0.1) is 19.7 Å². The van der Waals surface area contributed by atoms with Gasteiger partial charge in [-0.05, 0) is 51.3 Å². The number of carbonyl (C=O) groups excluding carboxylic acids is 1. The molecule has 3 rings (SSSR count). The molecule has 2 heterocycles. The van der Waals surface area contributed by atoms with Gasteiger partial charge in [-0.2, -0.15) is 0 Å². The smallest absolute Gasteiger partial charge is 0.407 e. The molecule has 0 unspecified atom stereocenters. The molecule has 1 saturated heterocycles. The molecule has 158 valence electrons. The summed E-state index contributed by atoms with van der Waals surface area (Å²) in [6, 6.07) is 6.11. The summed E-state index contributed by atoms with van der Waals surface area (Å²) in [5.74, 6) is 1.38. The highest BCUT2D eigenvalue weighted by molar-refractivity contribution is 5.85. The van der Waals surface area contributed by atoms with Gasteiger partial charge in [0.25, 0.3) is 0 Å².